The number of nitrogens with zero attached hydrogens (tertiary/aromatic N) is 1. The van der Waals surface area contributed by atoms with E-state index >= 15 is 0 Å². The number of sulfone groups is 1. The van der Waals surface area contributed by atoms with Gasteiger partial charge >= 0.3 is 0 Å². The van der Waals surface area contributed by atoms with E-state index in [4.69, 9.17) is 0 Å². The molecule has 0 spiro atoms. The van der Waals surface area contributed by atoms with E-state index in [-0.39, 0.29) is 22.6 Å². The van der Waals surface area contributed by atoms with E-state index in [9.17, 15) is 22.4 Å². The van der Waals surface area contributed by atoms with E-state index in [0.29, 0.717) is 37.2 Å². The lowest BCUT2D eigenvalue weighted by Crippen LogP contribution is -2.41. The highest BCUT2D eigenvalue weighted by molar-refractivity contribution is 7.90. The predicted octanol–water partition coefficient (Wildman–Crippen LogP) is 2.72. The number of rotatable bonds is 4. The maximum absolute atomic E-state index is 13.0. The van der Waals surface area contributed by atoms with Crippen LogP contribution in [0.1, 0.15) is 23.2 Å². The number of carbonyl (C=O) groups is 2. The van der Waals surface area contributed by atoms with E-state index in [0.717, 1.165) is 6.26 Å². The lowest BCUT2D eigenvalue weighted by molar-refractivity contribution is -0.121. The molecule has 28 heavy (non-hydrogen) atoms. The lowest BCUT2D eigenvalue weighted by Gasteiger charge is -2.31. The summed E-state index contributed by atoms with van der Waals surface area (Å²) in [5.41, 5.74) is 0.956. The summed E-state index contributed by atoms with van der Waals surface area (Å²) in [5.74, 6) is -0.945. The Labute approximate surface area is 163 Å². The summed E-state index contributed by atoms with van der Waals surface area (Å²) in [6.07, 6.45) is 2.18. The molecule has 1 saturated heterocycles. The van der Waals surface area contributed by atoms with Gasteiger partial charge in [0, 0.05) is 36.5 Å². The minimum Gasteiger partial charge on any atom is -0.339 e. The van der Waals surface area contributed by atoms with Crippen LogP contribution < -0.4 is 5.32 Å². The number of piperidine rings is 1. The van der Waals surface area contributed by atoms with Crippen LogP contribution in [-0.4, -0.2) is 44.5 Å². The number of likely N-dealkylation sites (tertiary alicyclic amines) is 1. The third-order valence-corrected chi connectivity index (χ3v) is 5.92. The molecule has 0 bridgehead atoms. The second-order valence-electron chi connectivity index (χ2n) is 6.86. The van der Waals surface area contributed by atoms with Crippen LogP contribution in [0.15, 0.2) is 53.4 Å². The van der Waals surface area contributed by atoms with Crippen molar-refractivity contribution in [3.05, 3.63) is 59.9 Å². The van der Waals surface area contributed by atoms with Crippen molar-refractivity contribution >= 4 is 27.3 Å². The van der Waals surface area contributed by atoms with Crippen molar-refractivity contribution < 1.29 is 22.4 Å². The van der Waals surface area contributed by atoms with Crippen LogP contribution in [0.3, 0.4) is 0 Å². The second kappa shape index (κ2) is 8.10. The Kier molecular flexibility index (Phi) is 5.79. The first-order valence-corrected chi connectivity index (χ1v) is 10.8. The fourth-order valence-electron chi connectivity index (χ4n) is 3.15. The third-order valence-electron chi connectivity index (χ3n) is 4.79. The van der Waals surface area contributed by atoms with Gasteiger partial charge in [0.15, 0.2) is 9.84 Å². The maximum atomic E-state index is 13.0. The van der Waals surface area contributed by atoms with Gasteiger partial charge in [-0.25, -0.2) is 12.8 Å². The van der Waals surface area contributed by atoms with E-state index in [2.05, 4.69) is 5.32 Å². The number of nitrogens with one attached hydrogen (secondary N) is 1. The number of halogens is 1. The smallest absolute Gasteiger partial charge is 0.253 e. The standard InChI is InChI=1S/C20H21FN2O4S/c1-28(26,27)18-8-6-17(7-9-18)22-19(24)14-10-12-23(13-11-14)20(25)15-2-4-16(21)5-3-15/h2-9,14H,10-13H2,1H3,(H,22,24). The zero-order valence-electron chi connectivity index (χ0n) is 15.4. The van der Waals surface area contributed by atoms with E-state index in [1.807, 2.05) is 0 Å². The molecule has 1 heterocycles. The molecule has 6 nitrogen and oxygen atoms in total. The predicted molar refractivity (Wildman–Crippen MR) is 103 cm³/mol. The lowest BCUT2D eigenvalue weighted by atomic mass is 9.95. The summed E-state index contributed by atoms with van der Waals surface area (Å²) in [7, 11) is -3.28. The largest absolute Gasteiger partial charge is 0.339 e. The molecule has 0 unspecified atom stereocenters. The third kappa shape index (κ3) is 4.75. The van der Waals surface area contributed by atoms with E-state index in [1.54, 1.807) is 17.0 Å². The van der Waals surface area contributed by atoms with Crippen molar-refractivity contribution in [2.24, 2.45) is 5.92 Å². The van der Waals surface area contributed by atoms with Crippen LogP contribution in [0.5, 0.6) is 0 Å². The minimum atomic E-state index is -3.28. The molecule has 0 radical (unpaired) electrons. The fraction of sp³-hybridized carbons (Fsp3) is 0.300. The molecule has 2 aromatic carbocycles. The molecule has 0 atom stereocenters. The van der Waals surface area contributed by atoms with Crippen LogP contribution in [0.25, 0.3) is 0 Å². The Hall–Kier alpha value is -2.74. The Morgan fingerprint density at radius 2 is 1.57 bits per heavy atom. The molecule has 1 N–H and O–H groups in total. The summed E-state index contributed by atoms with van der Waals surface area (Å²) in [5, 5.41) is 2.79. The normalized spacial score (nSPS) is 15.3. The SMILES string of the molecule is CS(=O)(=O)c1ccc(NC(=O)C2CCN(C(=O)c3ccc(F)cc3)CC2)cc1. The Balaban J connectivity index is 1.55. The Morgan fingerprint density at radius 1 is 1.00 bits per heavy atom. The number of hydrogen-bond donors (Lipinski definition) is 1. The van der Waals surface area contributed by atoms with Crippen molar-refractivity contribution in [1.29, 1.82) is 0 Å². The summed E-state index contributed by atoms with van der Waals surface area (Å²) < 4.78 is 36.0. The number of amides is 2. The quantitative estimate of drug-likeness (QED) is 0.849. The van der Waals surface area contributed by atoms with Crippen molar-refractivity contribution in [3.63, 3.8) is 0 Å². The van der Waals surface area contributed by atoms with Crippen molar-refractivity contribution in [2.75, 3.05) is 24.7 Å². The average Bonchev–Trinajstić information content (AvgIpc) is 2.68. The first-order valence-electron chi connectivity index (χ1n) is 8.90. The molecule has 1 aliphatic heterocycles. The molecule has 0 saturated carbocycles. The van der Waals surface area contributed by atoms with Gasteiger partial charge in [0.2, 0.25) is 5.91 Å². The summed E-state index contributed by atoms with van der Waals surface area (Å²) in [6, 6.07) is 11.4. The molecule has 0 aliphatic carbocycles. The number of carbonyl (C=O) groups excluding carboxylic acids is 2. The molecule has 1 fully saturated rings. The van der Waals surface area contributed by atoms with Gasteiger partial charge in [-0.1, -0.05) is 0 Å². The van der Waals surface area contributed by atoms with Gasteiger partial charge in [0.05, 0.1) is 4.90 Å². The molecule has 148 valence electrons. The number of hydrogen-bond acceptors (Lipinski definition) is 4. The van der Waals surface area contributed by atoms with Crippen molar-refractivity contribution in [2.45, 2.75) is 17.7 Å². The fourth-order valence-corrected chi connectivity index (χ4v) is 3.78. The van der Waals surface area contributed by atoms with Gasteiger partial charge in [0.1, 0.15) is 5.82 Å². The van der Waals surface area contributed by atoms with Crippen LogP contribution in [0, 0.1) is 11.7 Å². The van der Waals surface area contributed by atoms with Gasteiger partial charge in [-0.15, -0.1) is 0 Å². The number of anilines is 1. The van der Waals surface area contributed by atoms with Crippen molar-refractivity contribution in [1.82, 2.24) is 4.90 Å². The topological polar surface area (TPSA) is 83.6 Å². The van der Waals surface area contributed by atoms with Gasteiger partial charge in [0.25, 0.3) is 5.91 Å². The first-order chi connectivity index (χ1) is 13.2. The minimum absolute atomic E-state index is 0.152. The van der Waals surface area contributed by atoms with Crippen LogP contribution in [0.4, 0.5) is 10.1 Å². The Morgan fingerprint density at radius 3 is 2.11 bits per heavy atom. The van der Waals surface area contributed by atoms with Gasteiger partial charge in [-0.3, -0.25) is 9.59 Å². The number of benzene rings is 2. The van der Waals surface area contributed by atoms with Crippen LogP contribution in [0.2, 0.25) is 0 Å². The first kappa shape index (κ1) is 20.0. The highest BCUT2D eigenvalue weighted by Gasteiger charge is 2.28. The van der Waals surface area contributed by atoms with Gasteiger partial charge in [-0.2, -0.15) is 0 Å². The zero-order valence-corrected chi connectivity index (χ0v) is 16.2. The molecular formula is C20H21FN2O4S. The molecule has 2 aromatic rings. The highest BCUT2D eigenvalue weighted by Crippen LogP contribution is 2.22. The molecule has 8 heteroatoms. The van der Waals surface area contributed by atoms with Crippen LogP contribution in [-0.2, 0) is 14.6 Å². The zero-order chi connectivity index (χ0) is 20.3. The summed E-state index contributed by atoms with van der Waals surface area (Å²) in [6.45, 7) is 0.891. The van der Waals surface area contributed by atoms with Crippen LogP contribution >= 0.6 is 0 Å². The average molecular weight is 404 g/mol. The van der Waals surface area contributed by atoms with E-state index in [1.165, 1.54) is 36.4 Å². The maximum Gasteiger partial charge on any atom is 0.253 e. The Bertz CT molecular complexity index is 964. The molecular weight excluding hydrogens is 383 g/mol. The molecule has 3 rings (SSSR count). The molecule has 1 aliphatic rings. The summed E-state index contributed by atoms with van der Waals surface area (Å²) in [4.78, 5) is 26.8. The second-order valence-corrected chi connectivity index (χ2v) is 8.87. The molecule has 2 amide bonds. The molecule has 0 aromatic heterocycles. The monoisotopic (exact) mass is 404 g/mol. The summed E-state index contributed by atoms with van der Waals surface area (Å²) >= 11 is 0. The highest BCUT2D eigenvalue weighted by atomic mass is 32.2. The van der Waals surface area contributed by atoms with E-state index < -0.39 is 15.7 Å². The van der Waals surface area contributed by atoms with Gasteiger partial charge in [-0.05, 0) is 61.4 Å². The van der Waals surface area contributed by atoms with Gasteiger partial charge < -0.3 is 10.2 Å². The van der Waals surface area contributed by atoms with Crippen molar-refractivity contribution in [3.8, 4) is 0 Å².